The number of β-lactam (4-membered cyclic amide) rings is 1. The van der Waals surface area contributed by atoms with Crippen molar-refractivity contribution < 1.29 is 57.5 Å². The third-order valence-electron chi connectivity index (χ3n) is 3.65. The van der Waals surface area contributed by atoms with Crippen LogP contribution in [-0.2, 0) is 24.2 Å². The van der Waals surface area contributed by atoms with E-state index in [9.17, 15) is 27.9 Å². The van der Waals surface area contributed by atoms with Crippen molar-refractivity contribution in [2.75, 3.05) is 23.5 Å². The van der Waals surface area contributed by atoms with Crippen LogP contribution in [0.3, 0.4) is 0 Å². The van der Waals surface area contributed by atoms with Crippen molar-refractivity contribution in [3.63, 3.8) is 0 Å². The Labute approximate surface area is 189 Å². The maximum atomic E-state index is 12.4. The number of carboxylic acids is 1. The van der Waals surface area contributed by atoms with E-state index in [1.54, 1.807) is 0 Å². The summed E-state index contributed by atoms with van der Waals surface area (Å²) in [5.41, 5.74) is 0.216. The molecule has 28 heavy (non-hydrogen) atoms. The van der Waals surface area contributed by atoms with E-state index in [4.69, 9.17) is 0 Å². The summed E-state index contributed by atoms with van der Waals surface area (Å²) < 4.78 is 22.3. The van der Waals surface area contributed by atoms with Crippen LogP contribution in [0, 0.1) is 0 Å². The Bertz CT molecular complexity index is 920. The summed E-state index contributed by atoms with van der Waals surface area (Å²) >= 11 is 2.41. The average molecular weight is 456 g/mol. The molecular formula is C12H13N6NaO6S3. The molecule has 0 aliphatic carbocycles. The Morgan fingerprint density at radius 3 is 2.75 bits per heavy atom. The number of hydrogen-bond donors (Lipinski definition) is 2. The molecule has 12 nitrogen and oxygen atoms in total. The topological polar surface area (TPSA) is 178 Å². The molecule has 146 valence electrons. The Morgan fingerprint density at radius 2 is 2.18 bits per heavy atom. The summed E-state index contributed by atoms with van der Waals surface area (Å²) in [7, 11) is -3.54. The predicted octanol–water partition coefficient (Wildman–Crippen LogP) is -6.26. The van der Waals surface area contributed by atoms with Gasteiger partial charge in [-0.3, -0.25) is 14.5 Å². The number of thioether (sulfide) groups is 2. The molecule has 3 rings (SSSR count). The summed E-state index contributed by atoms with van der Waals surface area (Å²) in [4.78, 5) is 36.8. The fourth-order valence-electron chi connectivity index (χ4n) is 2.60. The van der Waals surface area contributed by atoms with Crippen LogP contribution in [0.2, 0.25) is 0 Å². The van der Waals surface area contributed by atoms with E-state index in [0.717, 1.165) is 22.9 Å². The zero-order chi connectivity index (χ0) is 19.8. The van der Waals surface area contributed by atoms with Crippen molar-refractivity contribution >= 4 is 51.1 Å². The molecule has 0 bridgehead atoms. The van der Waals surface area contributed by atoms with Gasteiger partial charge in [0.2, 0.25) is 11.1 Å². The monoisotopic (exact) mass is 456 g/mol. The molecule has 3 heterocycles. The van der Waals surface area contributed by atoms with Crippen LogP contribution >= 0.6 is 23.5 Å². The van der Waals surface area contributed by atoms with Gasteiger partial charge in [-0.25, -0.2) is 8.42 Å². The second-order valence-electron chi connectivity index (χ2n) is 5.75. The number of aromatic nitrogens is 4. The number of fused-ring (bicyclic) bond motifs is 1. The smallest absolute Gasteiger partial charge is 0.543 e. The molecule has 1 fully saturated rings. The predicted molar refractivity (Wildman–Crippen MR) is 91.7 cm³/mol. The van der Waals surface area contributed by atoms with Crippen LogP contribution < -0.4 is 40.0 Å². The van der Waals surface area contributed by atoms with E-state index in [1.807, 2.05) is 0 Å². The van der Waals surface area contributed by atoms with Crippen molar-refractivity contribution in [1.29, 1.82) is 0 Å². The van der Waals surface area contributed by atoms with E-state index in [2.05, 4.69) is 25.9 Å². The van der Waals surface area contributed by atoms with E-state index in [1.165, 1.54) is 11.8 Å². The van der Waals surface area contributed by atoms with Crippen LogP contribution in [0.15, 0.2) is 16.4 Å². The standard InChI is InChI=1S/C12H14N6O6S3.Na/c1-27(23,24)4-6(19)13-7-9(20)18-8(11(21)22)5(2-25-10(7)18)3-26-12-14-16-17-15-12;/h7,10H,2-4H2,1H3,(H,13,19)(H,21,22)(H,14,15,16,17);/q;+1/p-1/t7-,10-;/m1./s1. The van der Waals surface area contributed by atoms with Gasteiger partial charge in [0.1, 0.15) is 17.2 Å². The molecule has 2 aliphatic heterocycles. The van der Waals surface area contributed by atoms with Gasteiger partial charge in [0.05, 0.1) is 11.7 Å². The van der Waals surface area contributed by atoms with E-state index >= 15 is 0 Å². The molecular weight excluding hydrogens is 443 g/mol. The average Bonchev–Trinajstić information content (AvgIpc) is 3.08. The number of carbonyl (C=O) groups excluding carboxylic acids is 3. The molecule has 0 aromatic carbocycles. The zero-order valence-electron chi connectivity index (χ0n) is 14.7. The number of rotatable bonds is 7. The fourth-order valence-corrected chi connectivity index (χ4v) is 5.38. The Kier molecular flexibility index (Phi) is 7.55. The van der Waals surface area contributed by atoms with Crippen LogP contribution in [0.1, 0.15) is 0 Å². The Hall–Kier alpha value is -1.13. The number of nitrogens with one attached hydrogen (secondary N) is 2. The van der Waals surface area contributed by atoms with Crippen molar-refractivity contribution in [1.82, 2.24) is 30.8 Å². The Balaban J connectivity index is 0.00000280. The number of aliphatic carboxylic acids is 1. The molecule has 2 aliphatic rings. The van der Waals surface area contributed by atoms with Gasteiger partial charge in [-0.1, -0.05) is 11.8 Å². The molecule has 16 heteroatoms. The first kappa shape index (κ1) is 23.2. The molecule has 2 atom stereocenters. The van der Waals surface area contributed by atoms with Gasteiger partial charge in [-0.15, -0.1) is 22.0 Å². The zero-order valence-corrected chi connectivity index (χ0v) is 19.2. The number of H-pyrrole nitrogens is 1. The van der Waals surface area contributed by atoms with E-state index < -0.39 is 44.8 Å². The third kappa shape index (κ3) is 5.07. The summed E-state index contributed by atoms with van der Waals surface area (Å²) in [5, 5.41) is 26.8. The molecule has 2 N–H and O–H groups in total. The normalized spacial score (nSPS) is 21.5. The second kappa shape index (κ2) is 9.13. The first-order chi connectivity index (χ1) is 12.7. The molecule has 1 saturated heterocycles. The number of hydrogen-bond acceptors (Lipinski definition) is 11. The van der Waals surface area contributed by atoms with Crippen molar-refractivity contribution in [3.8, 4) is 0 Å². The van der Waals surface area contributed by atoms with Crippen LogP contribution in [0.5, 0.6) is 0 Å². The molecule has 0 spiro atoms. The minimum Gasteiger partial charge on any atom is -0.543 e. The Morgan fingerprint density at radius 1 is 1.46 bits per heavy atom. The first-order valence-corrected chi connectivity index (χ1v) is 11.5. The molecule has 0 radical (unpaired) electrons. The van der Waals surface area contributed by atoms with Crippen molar-refractivity contribution in [2.24, 2.45) is 0 Å². The summed E-state index contributed by atoms with van der Waals surface area (Å²) in [5.74, 6) is -3.18. The first-order valence-electron chi connectivity index (χ1n) is 7.39. The number of nitrogens with zero attached hydrogens (tertiary/aromatic N) is 4. The molecule has 0 saturated carbocycles. The fraction of sp³-hybridized carbons (Fsp3) is 0.500. The second-order valence-corrected chi connectivity index (χ2v) is 9.94. The van der Waals surface area contributed by atoms with Crippen molar-refractivity contribution in [3.05, 3.63) is 11.3 Å². The number of sulfone groups is 1. The van der Waals surface area contributed by atoms with Gasteiger partial charge in [-0.05, 0) is 10.8 Å². The minimum atomic E-state index is -3.54. The van der Waals surface area contributed by atoms with E-state index in [0.29, 0.717) is 16.5 Å². The molecule has 1 aromatic heterocycles. The quantitative estimate of drug-likeness (QED) is 0.226. The minimum absolute atomic E-state index is 0. The van der Waals surface area contributed by atoms with Gasteiger partial charge >= 0.3 is 29.6 Å². The number of aromatic amines is 1. The van der Waals surface area contributed by atoms with Gasteiger partial charge < -0.3 is 15.2 Å². The van der Waals surface area contributed by atoms with Gasteiger partial charge in [0.15, 0.2) is 9.84 Å². The van der Waals surface area contributed by atoms with E-state index in [-0.39, 0.29) is 41.0 Å². The van der Waals surface area contributed by atoms with Crippen LogP contribution in [0.25, 0.3) is 0 Å². The number of carbonyl (C=O) groups is 3. The summed E-state index contributed by atoms with van der Waals surface area (Å²) in [6.45, 7) is 0. The molecule has 0 unspecified atom stereocenters. The SMILES string of the molecule is CS(=O)(=O)CC(=O)N[C@@H]1C(=O)N2C(C(=O)[O-])=C(CSc3nn[nH]n3)CS[C@H]12.[Na+]. The summed E-state index contributed by atoms with van der Waals surface area (Å²) in [6, 6.07) is -0.981. The van der Waals surface area contributed by atoms with Gasteiger partial charge in [0, 0.05) is 17.8 Å². The number of tetrazole rings is 1. The maximum absolute atomic E-state index is 12.4. The third-order valence-corrected chi connectivity index (χ3v) is 6.70. The largest absolute Gasteiger partial charge is 1.00 e. The summed E-state index contributed by atoms with van der Waals surface area (Å²) in [6.07, 6.45) is 0.904. The van der Waals surface area contributed by atoms with Gasteiger partial charge in [-0.2, -0.15) is 5.21 Å². The van der Waals surface area contributed by atoms with Crippen LogP contribution in [0.4, 0.5) is 0 Å². The van der Waals surface area contributed by atoms with Crippen molar-refractivity contribution in [2.45, 2.75) is 16.6 Å². The maximum Gasteiger partial charge on any atom is 1.00 e. The number of amides is 2. The number of carboxylic acid groups (broad SMARTS) is 1. The van der Waals surface area contributed by atoms with Crippen LogP contribution in [-0.4, -0.2) is 86.7 Å². The molecule has 1 aromatic rings. The van der Waals surface area contributed by atoms with Gasteiger partial charge in [0.25, 0.3) is 5.91 Å². The molecule has 2 amide bonds.